The third-order valence-electron chi connectivity index (χ3n) is 11.6. The molecule has 1 aliphatic carbocycles. The zero-order valence-electron chi connectivity index (χ0n) is 32.1. The van der Waals surface area contributed by atoms with Gasteiger partial charge in [-0.25, -0.2) is 14.8 Å². The van der Waals surface area contributed by atoms with Crippen LogP contribution in [0.1, 0.15) is 112 Å². The van der Waals surface area contributed by atoms with Gasteiger partial charge in [0.2, 0.25) is 11.8 Å². The van der Waals surface area contributed by atoms with Crippen LogP contribution < -0.4 is 5.32 Å². The molecule has 3 amide bonds. The van der Waals surface area contributed by atoms with Gasteiger partial charge in [0.25, 0.3) is 0 Å². The van der Waals surface area contributed by atoms with Crippen molar-refractivity contribution in [2.75, 3.05) is 26.2 Å². The van der Waals surface area contributed by atoms with Gasteiger partial charge < -0.3 is 30.2 Å². The SMILES string of the molecule is CCN(CC)[C@@H](C(=O)N1CCC[C@H]1c1ncc(C2(c3cnc([C@@H]4CCCN4C(=O)C(C)(C)NC(=O)O)[nH]3)C=CC(c3ccccc3)C=C2)[nH]1)c1ccccc1. The molecule has 0 saturated carbocycles. The zero-order valence-corrected chi connectivity index (χ0v) is 32.1. The maximum absolute atomic E-state index is 14.5. The molecular formula is C43H52N8O4. The molecule has 4 heterocycles. The first-order valence-corrected chi connectivity index (χ1v) is 19.5. The van der Waals surface area contributed by atoms with Crippen molar-refractivity contribution < 1.29 is 19.5 Å². The Morgan fingerprint density at radius 2 is 1.38 bits per heavy atom. The number of nitrogens with one attached hydrogen (secondary N) is 3. The van der Waals surface area contributed by atoms with Crippen molar-refractivity contribution in [1.82, 2.24) is 40.0 Å². The highest BCUT2D eigenvalue weighted by molar-refractivity contribution is 5.89. The Bertz CT molecular complexity index is 2020. The summed E-state index contributed by atoms with van der Waals surface area (Å²) in [7, 11) is 0. The summed E-state index contributed by atoms with van der Waals surface area (Å²) in [5.41, 5.74) is 1.74. The molecule has 288 valence electrons. The molecule has 2 aromatic carbocycles. The third-order valence-corrected chi connectivity index (χ3v) is 11.6. The van der Waals surface area contributed by atoms with Gasteiger partial charge in [-0.1, -0.05) is 98.8 Å². The number of H-pyrrole nitrogens is 2. The lowest BCUT2D eigenvalue weighted by Crippen LogP contribution is -2.55. The monoisotopic (exact) mass is 744 g/mol. The average molecular weight is 745 g/mol. The number of nitrogens with zero attached hydrogens (tertiary/aromatic N) is 5. The van der Waals surface area contributed by atoms with Crippen LogP contribution in [-0.2, 0) is 15.0 Å². The van der Waals surface area contributed by atoms with E-state index in [0.29, 0.717) is 25.3 Å². The Morgan fingerprint density at radius 3 is 1.93 bits per heavy atom. The van der Waals surface area contributed by atoms with Gasteiger partial charge in [-0.2, -0.15) is 0 Å². The molecule has 3 aliphatic rings. The van der Waals surface area contributed by atoms with Gasteiger partial charge in [0, 0.05) is 31.4 Å². The molecule has 12 nitrogen and oxygen atoms in total. The maximum atomic E-state index is 14.5. The van der Waals surface area contributed by atoms with Gasteiger partial charge in [-0.15, -0.1) is 0 Å². The first kappa shape index (κ1) is 37.8. The normalized spacial score (nSPS) is 23.0. The second-order valence-corrected chi connectivity index (χ2v) is 15.3. The lowest BCUT2D eigenvalue weighted by atomic mass is 9.75. The number of hydrogen-bond acceptors (Lipinski definition) is 6. The van der Waals surface area contributed by atoms with Crippen LogP contribution in [0.5, 0.6) is 0 Å². The highest BCUT2D eigenvalue weighted by atomic mass is 16.4. The van der Waals surface area contributed by atoms with Crippen LogP contribution in [0.2, 0.25) is 0 Å². The predicted octanol–water partition coefficient (Wildman–Crippen LogP) is 6.79. The van der Waals surface area contributed by atoms with Crippen molar-refractivity contribution in [3.05, 3.63) is 132 Å². The minimum absolute atomic E-state index is 0.0731. The number of likely N-dealkylation sites (tertiary alicyclic amines) is 2. The number of carbonyl (C=O) groups excluding carboxylic acids is 2. The van der Waals surface area contributed by atoms with E-state index in [1.807, 2.05) is 65.8 Å². The number of likely N-dealkylation sites (N-methyl/N-ethyl adjacent to an activating group) is 1. The molecule has 2 saturated heterocycles. The van der Waals surface area contributed by atoms with E-state index < -0.39 is 17.0 Å². The van der Waals surface area contributed by atoms with Crippen LogP contribution in [-0.4, -0.2) is 89.4 Å². The number of hydrogen-bond donors (Lipinski definition) is 4. The largest absolute Gasteiger partial charge is 0.465 e. The van der Waals surface area contributed by atoms with Crippen LogP contribution in [0.3, 0.4) is 0 Å². The van der Waals surface area contributed by atoms with E-state index in [4.69, 9.17) is 9.97 Å². The second kappa shape index (κ2) is 15.7. The maximum Gasteiger partial charge on any atom is 0.405 e. The fourth-order valence-corrected chi connectivity index (χ4v) is 8.64. The minimum atomic E-state index is -1.29. The van der Waals surface area contributed by atoms with E-state index in [1.54, 1.807) is 18.7 Å². The standard InChI is InChI=1S/C43H52N8O4/c1-5-49(6-2)36(31-17-11-8-12-18-31)39(52)50-25-13-19-32(50)37-44-27-34(46-37)43(23-21-30(22-24-43)29-15-9-7-10-16-29)35-28-45-38(47-35)33-20-14-26-51(33)40(53)42(3,4)48-41(54)55/h7-12,15-18,21-24,27-28,30,32-33,36,48H,5-6,13-14,19-20,25-26H2,1-4H3,(H,44,46)(H,45,47)(H,54,55)/t30?,32-,33-,36+,43?/m0/s1. The van der Waals surface area contributed by atoms with E-state index in [2.05, 4.69) is 70.5 Å². The van der Waals surface area contributed by atoms with Crippen molar-refractivity contribution >= 4 is 17.9 Å². The van der Waals surface area contributed by atoms with Crippen LogP contribution in [0.15, 0.2) is 97.4 Å². The molecule has 12 heteroatoms. The zero-order chi connectivity index (χ0) is 38.7. The first-order chi connectivity index (χ1) is 26.6. The van der Waals surface area contributed by atoms with Gasteiger partial charge in [0.15, 0.2) is 0 Å². The molecule has 4 N–H and O–H groups in total. The molecule has 0 radical (unpaired) electrons. The summed E-state index contributed by atoms with van der Waals surface area (Å²) >= 11 is 0. The van der Waals surface area contributed by atoms with Gasteiger partial charge in [0.05, 0.1) is 28.9 Å². The predicted molar refractivity (Wildman–Crippen MR) is 210 cm³/mol. The number of amides is 3. The Morgan fingerprint density at radius 1 is 0.855 bits per heavy atom. The Hall–Kier alpha value is -5.49. The Labute approximate surface area is 322 Å². The lowest BCUT2D eigenvalue weighted by molar-refractivity contribution is -0.138. The number of imidazole rings is 2. The topological polar surface area (TPSA) is 151 Å². The summed E-state index contributed by atoms with van der Waals surface area (Å²) in [6.07, 6.45) is 14.4. The Kier molecular flexibility index (Phi) is 10.8. The molecule has 2 fully saturated rings. The smallest absolute Gasteiger partial charge is 0.405 e. The van der Waals surface area contributed by atoms with E-state index >= 15 is 0 Å². The van der Waals surface area contributed by atoms with E-state index in [0.717, 1.165) is 55.1 Å². The number of aromatic amines is 2. The second-order valence-electron chi connectivity index (χ2n) is 15.3. The summed E-state index contributed by atoms with van der Waals surface area (Å²) in [5, 5.41) is 11.8. The van der Waals surface area contributed by atoms with Crippen molar-refractivity contribution in [1.29, 1.82) is 0 Å². The van der Waals surface area contributed by atoms with Gasteiger partial charge in [0.1, 0.15) is 23.2 Å². The van der Waals surface area contributed by atoms with Crippen molar-refractivity contribution in [3.8, 4) is 0 Å². The molecule has 55 heavy (non-hydrogen) atoms. The van der Waals surface area contributed by atoms with Crippen LogP contribution in [0, 0.1) is 0 Å². The van der Waals surface area contributed by atoms with Crippen LogP contribution in [0.25, 0.3) is 0 Å². The van der Waals surface area contributed by atoms with Crippen molar-refractivity contribution in [3.63, 3.8) is 0 Å². The van der Waals surface area contributed by atoms with E-state index in [1.165, 1.54) is 5.56 Å². The van der Waals surface area contributed by atoms with Crippen molar-refractivity contribution in [2.45, 2.75) is 88.4 Å². The van der Waals surface area contributed by atoms with E-state index in [-0.39, 0.29) is 35.9 Å². The number of aromatic nitrogens is 4. The number of carboxylic acid groups (broad SMARTS) is 1. The molecular weight excluding hydrogens is 693 g/mol. The Balaban J connectivity index is 1.22. The van der Waals surface area contributed by atoms with E-state index in [9.17, 15) is 19.5 Å². The molecule has 2 aliphatic heterocycles. The summed E-state index contributed by atoms with van der Waals surface area (Å²) < 4.78 is 0. The molecule has 4 aromatic rings. The fraction of sp³-hybridized carbons (Fsp3) is 0.419. The first-order valence-electron chi connectivity index (χ1n) is 19.5. The quantitative estimate of drug-likeness (QED) is 0.117. The van der Waals surface area contributed by atoms with Crippen LogP contribution >= 0.6 is 0 Å². The van der Waals surface area contributed by atoms with Crippen molar-refractivity contribution in [2.24, 2.45) is 0 Å². The molecule has 0 unspecified atom stereocenters. The molecule has 3 atom stereocenters. The highest BCUT2D eigenvalue weighted by Crippen LogP contribution is 2.42. The number of benzene rings is 2. The fourth-order valence-electron chi connectivity index (χ4n) is 8.64. The van der Waals surface area contributed by atoms with Gasteiger partial charge in [-0.05, 0) is 63.7 Å². The summed E-state index contributed by atoms with van der Waals surface area (Å²) in [6.45, 7) is 10.0. The molecule has 0 bridgehead atoms. The summed E-state index contributed by atoms with van der Waals surface area (Å²) in [6, 6.07) is 19.5. The molecule has 2 aromatic heterocycles. The summed E-state index contributed by atoms with van der Waals surface area (Å²) in [4.78, 5) is 62.7. The van der Waals surface area contributed by atoms with Gasteiger partial charge >= 0.3 is 6.09 Å². The number of allylic oxidation sites excluding steroid dienone is 4. The third kappa shape index (κ3) is 7.35. The lowest BCUT2D eigenvalue weighted by Gasteiger charge is -2.34. The van der Waals surface area contributed by atoms with Crippen LogP contribution in [0.4, 0.5) is 4.79 Å². The summed E-state index contributed by atoms with van der Waals surface area (Å²) in [5.74, 6) is 1.26. The highest BCUT2D eigenvalue weighted by Gasteiger charge is 2.43. The number of rotatable bonds is 12. The molecule has 0 spiro atoms. The molecule has 7 rings (SSSR count). The average Bonchev–Trinajstić information content (AvgIpc) is 4.03. The minimum Gasteiger partial charge on any atom is -0.465 e. The number of carbonyl (C=O) groups is 3. The van der Waals surface area contributed by atoms with Gasteiger partial charge in [-0.3, -0.25) is 14.5 Å².